The molecule has 0 radical (unpaired) electrons. The summed E-state index contributed by atoms with van der Waals surface area (Å²) in [5.41, 5.74) is 1.96. The number of carboxylic acids is 1. The van der Waals surface area contributed by atoms with E-state index in [-0.39, 0.29) is 0 Å². The second-order valence-electron chi connectivity index (χ2n) is 5.16. The number of carboxylic acid groups (broad SMARTS) is 1. The van der Waals surface area contributed by atoms with Gasteiger partial charge in [-0.2, -0.15) is 0 Å². The second kappa shape index (κ2) is 6.30. The van der Waals surface area contributed by atoms with Crippen LogP contribution in [0.25, 0.3) is 0 Å². The summed E-state index contributed by atoms with van der Waals surface area (Å²) in [6.45, 7) is 4.52. The maximum Gasteiger partial charge on any atom is 0.321 e. The molecular weight excluding hydrogens is 294 g/mol. The van der Waals surface area contributed by atoms with Crippen LogP contribution in [-0.2, 0) is 17.8 Å². The zero-order valence-corrected chi connectivity index (χ0v) is 13.1. The first kappa shape index (κ1) is 15.4. The van der Waals surface area contributed by atoms with E-state index in [0.29, 0.717) is 36.0 Å². The SMILES string of the molecule is CC.O=C(O)C1Cc2c(ccc3c2Oc2ccccc2O3)CN1. The minimum atomic E-state index is -0.851. The number of hydrogen-bond donors (Lipinski definition) is 2. The number of benzene rings is 2. The molecular formula is C18H19NO4. The number of carbonyl (C=O) groups is 1. The van der Waals surface area contributed by atoms with Crippen molar-refractivity contribution in [2.24, 2.45) is 0 Å². The van der Waals surface area contributed by atoms with Crippen LogP contribution in [0.4, 0.5) is 0 Å². The van der Waals surface area contributed by atoms with Gasteiger partial charge in [-0.15, -0.1) is 0 Å². The van der Waals surface area contributed by atoms with Crippen LogP contribution < -0.4 is 14.8 Å². The molecule has 2 N–H and O–H groups in total. The molecule has 1 atom stereocenters. The maximum atomic E-state index is 11.2. The highest BCUT2D eigenvalue weighted by molar-refractivity contribution is 5.75. The lowest BCUT2D eigenvalue weighted by atomic mass is 9.94. The van der Waals surface area contributed by atoms with Gasteiger partial charge in [0.2, 0.25) is 0 Å². The Balaban J connectivity index is 0.000000753. The number of fused-ring (bicyclic) bond motifs is 4. The third kappa shape index (κ3) is 2.75. The van der Waals surface area contributed by atoms with Crippen molar-refractivity contribution in [3.8, 4) is 23.0 Å². The topological polar surface area (TPSA) is 67.8 Å². The first-order chi connectivity index (χ1) is 11.2. The van der Waals surface area contributed by atoms with Gasteiger partial charge in [0.1, 0.15) is 6.04 Å². The molecule has 2 aromatic rings. The van der Waals surface area contributed by atoms with Crippen LogP contribution in [-0.4, -0.2) is 17.1 Å². The molecule has 0 saturated heterocycles. The third-order valence-electron chi connectivity index (χ3n) is 3.85. The minimum Gasteiger partial charge on any atom is -0.480 e. The molecule has 2 aliphatic heterocycles. The van der Waals surface area contributed by atoms with Gasteiger partial charge in [-0.05, 0) is 23.8 Å². The summed E-state index contributed by atoms with van der Waals surface area (Å²) in [7, 11) is 0. The van der Waals surface area contributed by atoms with Crippen LogP contribution in [0.3, 0.4) is 0 Å². The van der Waals surface area contributed by atoms with Crippen molar-refractivity contribution in [1.82, 2.24) is 5.32 Å². The fraction of sp³-hybridized carbons (Fsp3) is 0.278. The zero-order chi connectivity index (χ0) is 16.4. The number of aliphatic carboxylic acids is 1. The molecule has 0 fully saturated rings. The smallest absolute Gasteiger partial charge is 0.321 e. The molecule has 2 aromatic carbocycles. The largest absolute Gasteiger partial charge is 0.480 e. The van der Waals surface area contributed by atoms with E-state index in [2.05, 4.69) is 5.32 Å². The highest BCUT2D eigenvalue weighted by Crippen LogP contribution is 2.48. The lowest BCUT2D eigenvalue weighted by Gasteiger charge is -2.28. The Morgan fingerprint density at radius 3 is 2.48 bits per heavy atom. The molecule has 1 unspecified atom stereocenters. The van der Waals surface area contributed by atoms with Crippen molar-refractivity contribution >= 4 is 5.97 Å². The third-order valence-corrected chi connectivity index (χ3v) is 3.85. The minimum absolute atomic E-state index is 0.388. The molecule has 4 rings (SSSR count). The molecule has 23 heavy (non-hydrogen) atoms. The Bertz CT molecular complexity index is 742. The quantitative estimate of drug-likeness (QED) is 0.717. The van der Waals surface area contributed by atoms with E-state index in [0.717, 1.165) is 11.1 Å². The number of para-hydroxylation sites is 2. The lowest BCUT2D eigenvalue weighted by molar-refractivity contribution is -0.139. The Kier molecular flexibility index (Phi) is 4.21. The normalized spacial score (nSPS) is 17.2. The molecule has 120 valence electrons. The summed E-state index contributed by atoms with van der Waals surface area (Å²) in [4.78, 5) is 11.2. The van der Waals surface area contributed by atoms with Crippen LogP contribution in [0.2, 0.25) is 0 Å². The van der Waals surface area contributed by atoms with Gasteiger partial charge in [0.15, 0.2) is 23.0 Å². The van der Waals surface area contributed by atoms with Crippen LogP contribution in [0.5, 0.6) is 23.0 Å². The van der Waals surface area contributed by atoms with E-state index in [1.54, 1.807) is 0 Å². The zero-order valence-electron chi connectivity index (χ0n) is 13.1. The predicted molar refractivity (Wildman–Crippen MR) is 86.3 cm³/mol. The Morgan fingerprint density at radius 1 is 1.09 bits per heavy atom. The van der Waals surface area contributed by atoms with Gasteiger partial charge in [0.25, 0.3) is 0 Å². The van der Waals surface area contributed by atoms with Gasteiger partial charge in [0, 0.05) is 18.5 Å². The summed E-state index contributed by atoms with van der Waals surface area (Å²) < 4.78 is 11.8. The standard InChI is InChI=1S/C16H13NO4.C2H6/c18-16(19)11-7-10-9(8-17-11)5-6-14-15(10)21-13-4-2-1-3-12(13)20-14;1-2/h1-6,11,17H,7-8H2,(H,18,19);1-2H3. The molecule has 0 aromatic heterocycles. The van der Waals surface area contributed by atoms with E-state index in [1.165, 1.54) is 0 Å². The monoisotopic (exact) mass is 313 g/mol. The van der Waals surface area contributed by atoms with Crippen LogP contribution in [0.15, 0.2) is 36.4 Å². The Hall–Kier alpha value is -2.53. The molecule has 0 aliphatic carbocycles. The average molecular weight is 313 g/mol. The molecule has 0 saturated carbocycles. The lowest BCUT2D eigenvalue weighted by Crippen LogP contribution is -2.41. The van der Waals surface area contributed by atoms with E-state index >= 15 is 0 Å². The summed E-state index contributed by atoms with van der Waals surface area (Å²) in [5.74, 6) is 1.75. The maximum absolute atomic E-state index is 11.2. The van der Waals surface area contributed by atoms with Crippen molar-refractivity contribution in [3.63, 3.8) is 0 Å². The molecule has 2 heterocycles. The fourth-order valence-electron chi connectivity index (χ4n) is 2.76. The summed E-state index contributed by atoms with van der Waals surface area (Å²) >= 11 is 0. The van der Waals surface area contributed by atoms with Crippen molar-refractivity contribution < 1.29 is 19.4 Å². The van der Waals surface area contributed by atoms with Crippen LogP contribution in [0.1, 0.15) is 25.0 Å². The summed E-state index contributed by atoms with van der Waals surface area (Å²) in [6.07, 6.45) is 0.388. The van der Waals surface area contributed by atoms with Gasteiger partial charge in [0.05, 0.1) is 0 Å². The Labute approximate surface area is 134 Å². The van der Waals surface area contributed by atoms with Crippen LogP contribution >= 0.6 is 0 Å². The average Bonchev–Trinajstić information content (AvgIpc) is 2.61. The molecule has 0 spiro atoms. The first-order valence-corrected chi connectivity index (χ1v) is 7.78. The number of hydrogen-bond acceptors (Lipinski definition) is 4. The highest BCUT2D eigenvalue weighted by atomic mass is 16.6. The molecule has 5 heteroatoms. The van der Waals surface area contributed by atoms with Crippen molar-refractivity contribution in [2.75, 3.05) is 0 Å². The fourth-order valence-corrected chi connectivity index (χ4v) is 2.76. The second-order valence-corrected chi connectivity index (χ2v) is 5.16. The van der Waals surface area contributed by atoms with E-state index < -0.39 is 12.0 Å². The van der Waals surface area contributed by atoms with Crippen molar-refractivity contribution in [1.29, 1.82) is 0 Å². The van der Waals surface area contributed by atoms with Gasteiger partial charge < -0.3 is 19.9 Å². The van der Waals surface area contributed by atoms with E-state index in [1.807, 2.05) is 50.2 Å². The molecule has 2 aliphatic rings. The molecule has 0 bridgehead atoms. The number of rotatable bonds is 1. The predicted octanol–water partition coefficient (Wildman–Crippen LogP) is 3.71. The van der Waals surface area contributed by atoms with Gasteiger partial charge in [-0.25, -0.2) is 0 Å². The number of ether oxygens (including phenoxy) is 2. The van der Waals surface area contributed by atoms with Crippen LogP contribution in [0, 0.1) is 0 Å². The molecule has 5 nitrogen and oxygen atoms in total. The van der Waals surface area contributed by atoms with Gasteiger partial charge in [-0.3, -0.25) is 4.79 Å². The summed E-state index contributed by atoms with van der Waals surface area (Å²) in [6, 6.07) is 10.7. The van der Waals surface area contributed by atoms with Crippen molar-refractivity contribution in [3.05, 3.63) is 47.5 Å². The van der Waals surface area contributed by atoms with E-state index in [4.69, 9.17) is 9.47 Å². The summed E-state index contributed by atoms with van der Waals surface area (Å²) in [5, 5.41) is 12.2. The molecule has 0 amide bonds. The van der Waals surface area contributed by atoms with Gasteiger partial charge >= 0.3 is 5.97 Å². The Morgan fingerprint density at radius 2 is 1.78 bits per heavy atom. The number of nitrogens with one attached hydrogen (secondary N) is 1. The highest BCUT2D eigenvalue weighted by Gasteiger charge is 2.30. The van der Waals surface area contributed by atoms with Crippen molar-refractivity contribution in [2.45, 2.75) is 32.9 Å². The van der Waals surface area contributed by atoms with E-state index in [9.17, 15) is 9.90 Å². The first-order valence-electron chi connectivity index (χ1n) is 7.78. The van der Waals surface area contributed by atoms with Gasteiger partial charge in [-0.1, -0.05) is 32.0 Å².